The second-order valence-electron chi connectivity index (χ2n) is 5.37. The van der Waals surface area contributed by atoms with Gasteiger partial charge in [0.2, 0.25) is 10.0 Å². The van der Waals surface area contributed by atoms with Gasteiger partial charge >= 0.3 is 0 Å². The first kappa shape index (κ1) is 16.3. The third-order valence-electron chi connectivity index (χ3n) is 3.85. The highest BCUT2D eigenvalue weighted by atomic mass is 32.2. The fourth-order valence-electron chi connectivity index (χ4n) is 2.71. The van der Waals surface area contributed by atoms with Gasteiger partial charge < -0.3 is 5.32 Å². The summed E-state index contributed by atoms with van der Waals surface area (Å²) in [6.45, 7) is 5.38. The molecule has 0 radical (unpaired) electrons. The molecule has 1 fully saturated rings. The van der Waals surface area contributed by atoms with Crippen LogP contribution in [0.15, 0.2) is 23.1 Å². The van der Waals surface area contributed by atoms with Crippen LogP contribution in [-0.4, -0.2) is 38.4 Å². The SMILES string of the molecule is CCNC1CCN(S(=O)(=O)c2cc(F)ccc2F)CC1C. The number of hydrogen-bond donors (Lipinski definition) is 1. The second-order valence-corrected chi connectivity index (χ2v) is 7.27. The Bertz CT molecular complexity index is 607. The van der Waals surface area contributed by atoms with Crippen LogP contribution in [0.2, 0.25) is 0 Å². The molecule has 1 aromatic carbocycles. The van der Waals surface area contributed by atoms with E-state index >= 15 is 0 Å². The van der Waals surface area contributed by atoms with Crippen molar-refractivity contribution in [2.24, 2.45) is 5.92 Å². The number of benzene rings is 1. The number of piperidine rings is 1. The molecule has 2 rings (SSSR count). The van der Waals surface area contributed by atoms with Crippen molar-refractivity contribution in [3.05, 3.63) is 29.8 Å². The Hall–Kier alpha value is -1.05. The Morgan fingerprint density at radius 1 is 1.38 bits per heavy atom. The van der Waals surface area contributed by atoms with Crippen LogP contribution in [0.4, 0.5) is 8.78 Å². The highest BCUT2D eigenvalue weighted by molar-refractivity contribution is 7.89. The van der Waals surface area contributed by atoms with Gasteiger partial charge in [0.1, 0.15) is 16.5 Å². The molecule has 1 N–H and O–H groups in total. The Morgan fingerprint density at radius 2 is 2.10 bits per heavy atom. The summed E-state index contributed by atoms with van der Waals surface area (Å²) in [6, 6.07) is 2.75. The molecule has 4 nitrogen and oxygen atoms in total. The van der Waals surface area contributed by atoms with E-state index in [0.29, 0.717) is 19.5 Å². The smallest absolute Gasteiger partial charge is 0.246 e. The normalized spacial score (nSPS) is 24.2. The van der Waals surface area contributed by atoms with Crippen LogP contribution in [0.5, 0.6) is 0 Å². The first-order valence-electron chi connectivity index (χ1n) is 7.05. The van der Waals surface area contributed by atoms with Gasteiger partial charge in [-0.25, -0.2) is 17.2 Å². The fraction of sp³-hybridized carbons (Fsp3) is 0.571. The lowest BCUT2D eigenvalue weighted by molar-refractivity contribution is 0.222. The van der Waals surface area contributed by atoms with Gasteiger partial charge in [-0.2, -0.15) is 4.31 Å². The zero-order valence-corrected chi connectivity index (χ0v) is 13.0. The molecular formula is C14H20F2N2O2S. The molecule has 7 heteroatoms. The lowest BCUT2D eigenvalue weighted by Gasteiger charge is -2.36. The van der Waals surface area contributed by atoms with Crippen molar-refractivity contribution < 1.29 is 17.2 Å². The van der Waals surface area contributed by atoms with Crippen molar-refractivity contribution in [1.82, 2.24) is 9.62 Å². The summed E-state index contributed by atoms with van der Waals surface area (Å²) in [4.78, 5) is -0.586. The average Bonchev–Trinajstić information content (AvgIpc) is 2.43. The minimum Gasteiger partial charge on any atom is -0.314 e. The first-order chi connectivity index (χ1) is 9.86. The highest BCUT2D eigenvalue weighted by Gasteiger charge is 2.34. The predicted octanol–water partition coefficient (Wildman–Crippen LogP) is 1.97. The molecule has 0 bridgehead atoms. The lowest BCUT2D eigenvalue weighted by Crippen LogP contribution is -2.50. The number of sulfonamides is 1. The van der Waals surface area contributed by atoms with Gasteiger partial charge in [-0.15, -0.1) is 0 Å². The van der Waals surface area contributed by atoms with E-state index in [1.54, 1.807) is 0 Å². The lowest BCUT2D eigenvalue weighted by atomic mass is 9.95. The molecule has 0 aromatic heterocycles. The van der Waals surface area contributed by atoms with Crippen molar-refractivity contribution in [3.8, 4) is 0 Å². The summed E-state index contributed by atoms with van der Waals surface area (Å²) in [7, 11) is -4.00. The van der Waals surface area contributed by atoms with Crippen molar-refractivity contribution >= 4 is 10.0 Å². The first-order valence-corrected chi connectivity index (χ1v) is 8.49. The van der Waals surface area contributed by atoms with Gasteiger partial charge in [-0.1, -0.05) is 13.8 Å². The quantitative estimate of drug-likeness (QED) is 0.923. The third kappa shape index (κ3) is 3.41. The monoisotopic (exact) mass is 318 g/mol. The minimum absolute atomic E-state index is 0.116. The molecule has 1 heterocycles. The molecule has 21 heavy (non-hydrogen) atoms. The maximum Gasteiger partial charge on any atom is 0.246 e. The van der Waals surface area contributed by atoms with Crippen molar-refractivity contribution in [1.29, 1.82) is 0 Å². The van der Waals surface area contributed by atoms with E-state index < -0.39 is 26.6 Å². The number of nitrogens with one attached hydrogen (secondary N) is 1. The molecule has 1 aliphatic heterocycles. The van der Waals surface area contributed by atoms with Crippen molar-refractivity contribution in [3.63, 3.8) is 0 Å². The van der Waals surface area contributed by atoms with Crippen LogP contribution in [0.3, 0.4) is 0 Å². The maximum atomic E-state index is 13.7. The number of nitrogens with zero attached hydrogens (tertiary/aromatic N) is 1. The fourth-order valence-corrected chi connectivity index (χ4v) is 4.34. The van der Waals surface area contributed by atoms with Crippen LogP contribution in [0.25, 0.3) is 0 Å². The Labute approximate surface area is 124 Å². The van der Waals surface area contributed by atoms with E-state index in [2.05, 4.69) is 5.32 Å². The van der Waals surface area contributed by atoms with Gasteiger partial charge in [-0.3, -0.25) is 0 Å². The number of rotatable bonds is 4. The van der Waals surface area contributed by atoms with Gasteiger partial charge in [-0.05, 0) is 37.1 Å². The van der Waals surface area contributed by atoms with Crippen molar-refractivity contribution in [2.45, 2.75) is 31.2 Å². The van der Waals surface area contributed by atoms with Gasteiger partial charge in [0.05, 0.1) is 0 Å². The largest absolute Gasteiger partial charge is 0.314 e. The number of hydrogen-bond acceptors (Lipinski definition) is 3. The Kier molecular flexibility index (Phi) is 4.95. The second kappa shape index (κ2) is 6.37. The molecule has 1 aliphatic rings. The molecule has 0 aliphatic carbocycles. The van der Waals surface area contributed by atoms with E-state index in [9.17, 15) is 17.2 Å². The Morgan fingerprint density at radius 3 is 2.71 bits per heavy atom. The molecule has 0 amide bonds. The van der Waals surface area contributed by atoms with E-state index in [1.165, 1.54) is 4.31 Å². The Balaban J connectivity index is 2.23. The van der Waals surface area contributed by atoms with Crippen LogP contribution >= 0.6 is 0 Å². The van der Waals surface area contributed by atoms with E-state index in [0.717, 1.165) is 24.7 Å². The average molecular weight is 318 g/mol. The van der Waals surface area contributed by atoms with Crippen LogP contribution in [0, 0.1) is 17.6 Å². The molecule has 0 saturated carbocycles. The summed E-state index contributed by atoms with van der Waals surface area (Å²) in [5, 5.41) is 3.31. The molecular weight excluding hydrogens is 298 g/mol. The predicted molar refractivity (Wildman–Crippen MR) is 76.4 cm³/mol. The maximum absolute atomic E-state index is 13.7. The summed E-state index contributed by atoms with van der Waals surface area (Å²) < 4.78 is 53.1. The van der Waals surface area contributed by atoms with E-state index in [-0.39, 0.29) is 12.0 Å². The zero-order chi connectivity index (χ0) is 15.6. The van der Waals surface area contributed by atoms with Gasteiger partial charge in [0.25, 0.3) is 0 Å². The molecule has 1 saturated heterocycles. The summed E-state index contributed by atoms with van der Waals surface area (Å²) in [5.41, 5.74) is 0. The molecule has 118 valence electrons. The summed E-state index contributed by atoms with van der Waals surface area (Å²) >= 11 is 0. The minimum atomic E-state index is -4.00. The van der Waals surface area contributed by atoms with Crippen molar-refractivity contribution in [2.75, 3.05) is 19.6 Å². The highest BCUT2D eigenvalue weighted by Crippen LogP contribution is 2.26. The van der Waals surface area contributed by atoms with Gasteiger partial charge in [0, 0.05) is 19.1 Å². The molecule has 2 atom stereocenters. The molecule has 2 unspecified atom stereocenters. The van der Waals surface area contributed by atoms with Crippen LogP contribution in [0.1, 0.15) is 20.3 Å². The van der Waals surface area contributed by atoms with Crippen LogP contribution < -0.4 is 5.32 Å². The van der Waals surface area contributed by atoms with E-state index in [4.69, 9.17) is 0 Å². The summed E-state index contributed by atoms with van der Waals surface area (Å²) in [6.07, 6.45) is 0.658. The number of halogens is 2. The molecule has 0 spiro atoms. The summed E-state index contributed by atoms with van der Waals surface area (Å²) in [5.74, 6) is -1.56. The van der Waals surface area contributed by atoms with Crippen LogP contribution in [-0.2, 0) is 10.0 Å². The van der Waals surface area contributed by atoms with Gasteiger partial charge in [0.15, 0.2) is 0 Å². The molecule has 1 aromatic rings. The van der Waals surface area contributed by atoms with E-state index in [1.807, 2.05) is 13.8 Å². The standard InChI is InChI=1S/C14H20F2N2O2S/c1-3-17-13-6-7-18(9-10(13)2)21(19,20)14-8-11(15)4-5-12(14)16/h4-5,8,10,13,17H,3,6-7,9H2,1-2H3. The topological polar surface area (TPSA) is 49.4 Å². The third-order valence-corrected chi connectivity index (χ3v) is 5.73. The zero-order valence-electron chi connectivity index (χ0n) is 12.1.